The summed E-state index contributed by atoms with van der Waals surface area (Å²) >= 11 is 0. The van der Waals surface area contributed by atoms with E-state index in [2.05, 4.69) is 5.16 Å². The Balaban J connectivity index is 3.15. The SMILES string of the molecule is CCC(CC)(C(=O)N1CC(C)(C)OC(C)(C)C1)C(N)=NO. The minimum Gasteiger partial charge on any atom is -0.409 e. The second-order valence-corrected chi connectivity index (χ2v) is 7.06. The van der Waals surface area contributed by atoms with E-state index in [0.29, 0.717) is 25.9 Å². The number of oxime groups is 1. The van der Waals surface area contributed by atoms with Crippen molar-refractivity contribution in [2.75, 3.05) is 13.1 Å². The van der Waals surface area contributed by atoms with Gasteiger partial charge in [-0.15, -0.1) is 0 Å². The minimum absolute atomic E-state index is 0.0143. The van der Waals surface area contributed by atoms with Crippen molar-refractivity contribution in [3.63, 3.8) is 0 Å². The van der Waals surface area contributed by atoms with Crippen LogP contribution in [0.2, 0.25) is 0 Å². The van der Waals surface area contributed by atoms with Gasteiger partial charge in [0, 0.05) is 13.1 Å². The number of carbonyl (C=O) groups excluding carboxylic acids is 1. The van der Waals surface area contributed by atoms with Crippen molar-refractivity contribution in [2.45, 2.75) is 65.6 Å². The first-order valence-corrected chi connectivity index (χ1v) is 7.51. The van der Waals surface area contributed by atoms with Crippen LogP contribution in [0.15, 0.2) is 5.16 Å². The standard InChI is InChI=1S/C15H29N3O3/c1-7-15(8-2,11(16)17-20)12(19)18-9-13(3,4)21-14(5,6)10-18/h20H,7-10H2,1-6H3,(H2,16,17). The highest BCUT2D eigenvalue weighted by Gasteiger charge is 2.47. The van der Waals surface area contributed by atoms with Crippen molar-refractivity contribution in [1.29, 1.82) is 0 Å². The zero-order valence-corrected chi connectivity index (χ0v) is 14.1. The average Bonchev–Trinajstić information content (AvgIpc) is 2.36. The van der Waals surface area contributed by atoms with Crippen molar-refractivity contribution >= 4 is 11.7 Å². The van der Waals surface area contributed by atoms with E-state index >= 15 is 0 Å². The van der Waals surface area contributed by atoms with Crippen LogP contribution >= 0.6 is 0 Å². The molecule has 6 heteroatoms. The lowest BCUT2D eigenvalue weighted by molar-refractivity contribution is -0.191. The number of carbonyl (C=O) groups is 1. The van der Waals surface area contributed by atoms with E-state index in [1.54, 1.807) is 4.90 Å². The van der Waals surface area contributed by atoms with Gasteiger partial charge < -0.3 is 20.6 Å². The molecule has 1 amide bonds. The molecule has 1 aliphatic rings. The molecular formula is C15H29N3O3. The van der Waals surface area contributed by atoms with Gasteiger partial charge in [-0.2, -0.15) is 0 Å². The zero-order chi connectivity index (χ0) is 16.5. The predicted molar refractivity (Wildman–Crippen MR) is 82.2 cm³/mol. The molecule has 0 aliphatic carbocycles. The number of rotatable bonds is 4. The van der Waals surface area contributed by atoms with Gasteiger partial charge in [-0.3, -0.25) is 4.79 Å². The number of nitrogens with two attached hydrogens (primary N) is 1. The van der Waals surface area contributed by atoms with Crippen LogP contribution in [0, 0.1) is 5.41 Å². The fraction of sp³-hybridized carbons (Fsp3) is 0.867. The maximum atomic E-state index is 13.1. The van der Waals surface area contributed by atoms with E-state index in [4.69, 9.17) is 15.7 Å². The van der Waals surface area contributed by atoms with E-state index in [1.165, 1.54) is 0 Å². The van der Waals surface area contributed by atoms with E-state index in [9.17, 15) is 4.79 Å². The Hall–Kier alpha value is -1.30. The largest absolute Gasteiger partial charge is 0.409 e. The van der Waals surface area contributed by atoms with Crippen molar-refractivity contribution in [3.05, 3.63) is 0 Å². The molecule has 122 valence electrons. The van der Waals surface area contributed by atoms with Crippen molar-refractivity contribution in [3.8, 4) is 0 Å². The van der Waals surface area contributed by atoms with E-state index < -0.39 is 16.6 Å². The topological polar surface area (TPSA) is 88.2 Å². The van der Waals surface area contributed by atoms with Crippen LogP contribution in [-0.4, -0.2) is 46.1 Å². The molecule has 0 atom stereocenters. The van der Waals surface area contributed by atoms with Gasteiger partial charge in [0.05, 0.1) is 11.2 Å². The Morgan fingerprint density at radius 2 is 1.67 bits per heavy atom. The minimum atomic E-state index is -0.946. The van der Waals surface area contributed by atoms with Crippen LogP contribution < -0.4 is 5.73 Å². The lowest BCUT2D eigenvalue weighted by atomic mass is 9.79. The van der Waals surface area contributed by atoms with Crippen LogP contribution in [-0.2, 0) is 9.53 Å². The molecule has 0 aromatic rings. The molecule has 21 heavy (non-hydrogen) atoms. The first kappa shape index (κ1) is 17.8. The third kappa shape index (κ3) is 3.48. The third-order valence-electron chi connectivity index (χ3n) is 4.20. The fourth-order valence-corrected chi connectivity index (χ4v) is 3.35. The molecule has 1 aliphatic heterocycles. The summed E-state index contributed by atoms with van der Waals surface area (Å²) in [4.78, 5) is 14.8. The highest BCUT2D eigenvalue weighted by Crippen LogP contribution is 2.34. The first-order valence-electron chi connectivity index (χ1n) is 7.51. The quantitative estimate of drug-likeness (QED) is 0.359. The number of amidine groups is 1. The summed E-state index contributed by atoms with van der Waals surface area (Å²) in [5, 5.41) is 12.2. The van der Waals surface area contributed by atoms with E-state index in [-0.39, 0.29) is 11.7 Å². The normalized spacial score (nSPS) is 22.2. The van der Waals surface area contributed by atoms with Gasteiger partial charge in [0.1, 0.15) is 5.41 Å². The summed E-state index contributed by atoms with van der Waals surface area (Å²) in [6, 6.07) is 0. The van der Waals surface area contributed by atoms with Gasteiger partial charge in [-0.05, 0) is 40.5 Å². The van der Waals surface area contributed by atoms with Gasteiger partial charge in [-0.1, -0.05) is 19.0 Å². The molecule has 1 rings (SSSR count). The van der Waals surface area contributed by atoms with Crippen LogP contribution in [0.5, 0.6) is 0 Å². The molecule has 0 unspecified atom stereocenters. The summed E-state index contributed by atoms with van der Waals surface area (Å²) in [5.41, 5.74) is 4.05. The summed E-state index contributed by atoms with van der Waals surface area (Å²) in [6.07, 6.45) is 0.993. The van der Waals surface area contributed by atoms with Crippen molar-refractivity contribution in [1.82, 2.24) is 4.90 Å². The number of ether oxygens (including phenoxy) is 1. The highest BCUT2D eigenvalue weighted by atomic mass is 16.5. The van der Waals surface area contributed by atoms with Crippen molar-refractivity contribution in [2.24, 2.45) is 16.3 Å². The molecule has 0 radical (unpaired) electrons. The lowest BCUT2D eigenvalue weighted by Gasteiger charge is -2.49. The van der Waals surface area contributed by atoms with Crippen LogP contribution in [0.25, 0.3) is 0 Å². The molecule has 1 fully saturated rings. The molecule has 0 aromatic heterocycles. The predicted octanol–water partition coefficient (Wildman–Crippen LogP) is 1.96. The fourth-order valence-electron chi connectivity index (χ4n) is 3.35. The maximum absolute atomic E-state index is 13.1. The molecular weight excluding hydrogens is 270 g/mol. The van der Waals surface area contributed by atoms with Crippen LogP contribution in [0.4, 0.5) is 0 Å². The van der Waals surface area contributed by atoms with Crippen LogP contribution in [0.1, 0.15) is 54.4 Å². The molecule has 6 nitrogen and oxygen atoms in total. The van der Waals surface area contributed by atoms with E-state index in [1.807, 2.05) is 41.5 Å². The number of morpholine rings is 1. The van der Waals surface area contributed by atoms with Gasteiger partial charge in [0.2, 0.25) is 5.91 Å². The molecule has 3 N–H and O–H groups in total. The van der Waals surface area contributed by atoms with Gasteiger partial charge in [-0.25, -0.2) is 0 Å². The average molecular weight is 299 g/mol. The van der Waals surface area contributed by atoms with Crippen LogP contribution in [0.3, 0.4) is 0 Å². The molecule has 0 aromatic carbocycles. The number of nitrogens with zero attached hydrogens (tertiary/aromatic N) is 2. The molecule has 0 saturated carbocycles. The van der Waals surface area contributed by atoms with Gasteiger partial charge >= 0.3 is 0 Å². The summed E-state index contributed by atoms with van der Waals surface area (Å²) in [5.74, 6) is -0.105. The second-order valence-electron chi connectivity index (χ2n) is 7.06. The summed E-state index contributed by atoms with van der Waals surface area (Å²) in [6.45, 7) is 12.6. The Labute approximate surface area is 127 Å². The summed E-state index contributed by atoms with van der Waals surface area (Å²) in [7, 11) is 0. The first-order chi connectivity index (χ1) is 9.53. The number of amides is 1. The lowest BCUT2D eigenvalue weighted by Crippen LogP contribution is -2.62. The summed E-state index contributed by atoms with van der Waals surface area (Å²) < 4.78 is 6.00. The second kappa shape index (κ2) is 5.83. The van der Waals surface area contributed by atoms with Gasteiger partial charge in [0.15, 0.2) is 5.84 Å². The third-order valence-corrected chi connectivity index (χ3v) is 4.20. The Morgan fingerprint density at radius 1 is 1.24 bits per heavy atom. The zero-order valence-electron chi connectivity index (χ0n) is 14.1. The number of hydrogen-bond donors (Lipinski definition) is 2. The monoisotopic (exact) mass is 299 g/mol. The molecule has 1 saturated heterocycles. The van der Waals surface area contributed by atoms with E-state index in [0.717, 1.165) is 0 Å². The smallest absolute Gasteiger partial charge is 0.236 e. The number of hydrogen-bond acceptors (Lipinski definition) is 4. The highest BCUT2D eigenvalue weighted by molar-refractivity contribution is 6.06. The molecule has 0 spiro atoms. The Morgan fingerprint density at radius 3 is 2.00 bits per heavy atom. The van der Waals surface area contributed by atoms with Gasteiger partial charge in [0.25, 0.3) is 0 Å². The van der Waals surface area contributed by atoms with Crippen molar-refractivity contribution < 1.29 is 14.7 Å². The Bertz CT molecular complexity index is 410. The maximum Gasteiger partial charge on any atom is 0.236 e. The Kier molecular flexibility index (Phi) is 4.93. The molecule has 1 heterocycles. The molecule has 0 bridgehead atoms.